The fourth-order valence-corrected chi connectivity index (χ4v) is 0.982. The van der Waals surface area contributed by atoms with E-state index in [1.165, 1.54) is 4.57 Å². The molecule has 0 amide bonds. The Bertz CT molecular complexity index is 376. The van der Waals surface area contributed by atoms with Crippen LogP contribution in [0.15, 0.2) is 0 Å². The third-order valence-electron chi connectivity index (χ3n) is 1.53. The minimum Gasteiger partial charge on any atom is -0.369 e. The van der Waals surface area contributed by atoms with Crippen LogP contribution in [0.1, 0.15) is 18.3 Å². The second kappa shape index (κ2) is 2.93. The summed E-state index contributed by atoms with van der Waals surface area (Å²) in [6.07, 6.45) is 0. The molecule has 1 aromatic heterocycles. The topological polar surface area (TPSA) is 91.4 Å². The minimum atomic E-state index is 0.0943. The van der Waals surface area contributed by atoms with Gasteiger partial charge in [0.25, 0.3) is 0 Å². The minimum absolute atomic E-state index is 0.0943. The molecule has 0 bridgehead atoms. The van der Waals surface area contributed by atoms with Crippen LogP contribution in [0.4, 0.5) is 5.95 Å². The summed E-state index contributed by atoms with van der Waals surface area (Å²) in [6, 6.07) is 3.69. The van der Waals surface area contributed by atoms with Gasteiger partial charge in [-0.2, -0.15) is 10.5 Å². The van der Waals surface area contributed by atoms with Crippen LogP contribution in [-0.4, -0.2) is 9.55 Å². The molecule has 0 fully saturated rings. The molecule has 1 heterocycles. The van der Waals surface area contributed by atoms with Gasteiger partial charge in [0.2, 0.25) is 5.95 Å². The molecule has 5 heteroatoms. The largest absolute Gasteiger partial charge is 0.369 e. The van der Waals surface area contributed by atoms with E-state index in [-0.39, 0.29) is 17.3 Å². The van der Waals surface area contributed by atoms with Crippen molar-refractivity contribution in [3.05, 3.63) is 11.4 Å². The molecule has 5 nitrogen and oxygen atoms in total. The van der Waals surface area contributed by atoms with Crippen LogP contribution in [-0.2, 0) is 6.54 Å². The molecular weight excluding hydrogens is 154 g/mol. The van der Waals surface area contributed by atoms with Crippen LogP contribution in [0.3, 0.4) is 0 Å². The molecule has 0 atom stereocenters. The zero-order valence-electron chi connectivity index (χ0n) is 6.57. The molecule has 60 valence electrons. The molecule has 0 aliphatic rings. The van der Waals surface area contributed by atoms with E-state index in [1.807, 2.05) is 19.1 Å². The number of imidazole rings is 1. The van der Waals surface area contributed by atoms with Crippen molar-refractivity contribution < 1.29 is 0 Å². The van der Waals surface area contributed by atoms with Crippen molar-refractivity contribution in [2.24, 2.45) is 0 Å². The number of hydrogen-bond acceptors (Lipinski definition) is 4. The summed E-state index contributed by atoms with van der Waals surface area (Å²) >= 11 is 0. The van der Waals surface area contributed by atoms with Gasteiger partial charge >= 0.3 is 0 Å². The Morgan fingerprint density at radius 2 is 2.17 bits per heavy atom. The van der Waals surface area contributed by atoms with Gasteiger partial charge in [-0.3, -0.25) is 0 Å². The second-order valence-electron chi connectivity index (χ2n) is 2.14. The number of aromatic nitrogens is 2. The number of nitrogens with zero attached hydrogens (tertiary/aromatic N) is 4. The van der Waals surface area contributed by atoms with Crippen molar-refractivity contribution in [3.63, 3.8) is 0 Å². The standard InChI is InChI=1S/C7H7N5/c1-2-12-6(4-9)5(3-8)11-7(12)10/h2H2,1H3,(H2,10,11). The van der Waals surface area contributed by atoms with Crippen molar-refractivity contribution in [3.8, 4) is 12.1 Å². The first-order valence-electron chi connectivity index (χ1n) is 3.40. The van der Waals surface area contributed by atoms with Gasteiger partial charge < -0.3 is 10.3 Å². The lowest BCUT2D eigenvalue weighted by atomic mass is 10.3. The van der Waals surface area contributed by atoms with Crippen molar-refractivity contribution in [1.82, 2.24) is 9.55 Å². The molecule has 2 N–H and O–H groups in total. The molecule has 1 rings (SSSR count). The van der Waals surface area contributed by atoms with E-state index in [0.717, 1.165) is 0 Å². The number of nitriles is 2. The van der Waals surface area contributed by atoms with Crippen LogP contribution in [0.2, 0.25) is 0 Å². The van der Waals surface area contributed by atoms with Gasteiger partial charge in [-0.15, -0.1) is 0 Å². The number of nitrogens with two attached hydrogens (primary N) is 1. The van der Waals surface area contributed by atoms with E-state index in [1.54, 1.807) is 0 Å². The summed E-state index contributed by atoms with van der Waals surface area (Å²) in [4.78, 5) is 3.73. The summed E-state index contributed by atoms with van der Waals surface area (Å²) in [7, 11) is 0. The van der Waals surface area contributed by atoms with E-state index in [2.05, 4.69) is 4.98 Å². The molecule has 0 radical (unpaired) electrons. The summed E-state index contributed by atoms with van der Waals surface area (Å²) in [5.74, 6) is 0.214. The Labute approximate surface area is 69.7 Å². The molecule has 0 saturated heterocycles. The van der Waals surface area contributed by atoms with Crippen LogP contribution in [0.5, 0.6) is 0 Å². The third-order valence-corrected chi connectivity index (χ3v) is 1.53. The van der Waals surface area contributed by atoms with Crippen molar-refractivity contribution in [1.29, 1.82) is 10.5 Å². The maximum absolute atomic E-state index is 8.66. The van der Waals surface area contributed by atoms with Crippen molar-refractivity contribution in [2.45, 2.75) is 13.5 Å². The highest BCUT2D eigenvalue weighted by Gasteiger charge is 2.12. The average molecular weight is 161 g/mol. The predicted octanol–water partition coefficient (Wildman–Crippen LogP) is 0.229. The summed E-state index contributed by atoms with van der Waals surface area (Å²) in [6.45, 7) is 2.38. The van der Waals surface area contributed by atoms with Crippen LogP contribution >= 0.6 is 0 Å². The highest BCUT2D eigenvalue weighted by molar-refractivity contribution is 5.43. The van der Waals surface area contributed by atoms with Gasteiger partial charge in [0.1, 0.15) is 12.1 Å². The van der Waals surface area contributed by atoms with E-state index in [4.69, 9.17) is 16.3 Å². The number of hydrogen-bond donors (Lipinski definition) is 1. The lowest BCUT2D eigenvalue weighted by Crippen LogP contribution is -2.02. The molecule has 0 spiro atoms. The number of nitrogen functional groups attached to an aromatic ring is 1. The smallest absolute Gasteiger partial charge is 0.202 e. The predicted molar refractivity (Wildman–Crippen MR) is 41.7 cm³/mol. The maximum atomic E-state index is 8.66. The quantitative estimate of drug-likeness (QED) is 0.638. The molecule has 0 saturated carbocycles. The van der Waals surface area contributed by atoms with E-state index < -0.39 is 0 Å². The first kappa shape index (κ1) is 8.09. The zero-order valence-corrected chi connectivity index (χ0v) is 6.57. The Hall–Kier alpha value is -2.01. The number of rotatable bonds is 1. The Balaban J connectivity index is 3.41. The summed E-state index contributed by atoms with van der Waals surface area (Å²) < 4.78 is 1.50. The highest BCUT2D eigenvalue weighted by Crippen LogP contribution is 2.11. The maximum Gasteiger partial charge on any atom is 0.202 e. The van der Waals surface area contributed by atoms with Gasteiger partial charge in [0.15, 0.2) is 11.4 Å². The summed E-state index contributed by atoms with van der Waals surface area (Å²) in [5, 5.41) is 17.2. The molecular formula is C7H7N5. The molecule has 0 aliphatic carbocycles. The SMILES string of the molecule is CCn1c(N)nc(C#N)c1C#N. The van der Waals surface area contributed by atoms with Gasteiger partial charge in [-0.1, -0.05) is 0 Å². The normalized spacial score (nSPS) is 8.92. The Morgan fingerprint density at radius 1 is 1.50 bits per heavy atom. The first-order valence-corrected chi connectivity index (χ1v) is 3.40. The van der Waals surface area contributed by atoms with Crippen LogP contribution in [0, 0.1) is 22.7 Å². The molecule has 0 unspecified atom stereocenters. The third kappa shape index (κ3) is 0.977. The van der Waals surface area contributed by atoms with Crippen LogP contribution < -0.4 is 5.73 Å². The lowest BCUT2D eigenvalue weighted by molar-refractivity contribution is 0.763. The molecule has 12 heavy (non-hydrogen) atoms. The Morgan fingerprint density at radius 3 is 2.58 bits per heavy atom. The Kier molecular flexibility index (Phi) is 1.98. The van der Waals surface area contributed by atoms with Crippen LogP contribution in [0.25, 0.3) is 0 Å². The van der Waals surface area contributed by atoms with Gasteiger partial charge in [-0.25, -0.2) is 4.98 Å². The monoisotopic (exact) mass is 161 g/mol. The fraction of sp³-hybridized carbons (Fsp3) is 0.286. The fourth-order valence-electron chi connectivity index (χ4n) is 0.982. The van der Waals surface area contributed by atoms with E-state index in [9.17, 15) is 0 Å². The van der Waals surface area contributed by atoms with Gasteiger partial charge in [0, 0.05) is 6.54 Å². The average Bonchev–Trinajstić information content (AvgIpc) is 2.40. The second-order valence-corrected chi connectivity index (χ2v) is 2.14. The number of anilines is 1. The van der Waals surface area contributed by atoms with E-state index in [0.29, 0.717) is 6.54 Å². The van der Waals surface area contributed by atoms with Gasteiger partial charge in [0.05, 0.1) is 0 Å². The molecule has 0 aromatic carbocycles. The first-order chi connectivity index (χ1) is 5.74. The van der Waals surface area contributed by atoms with Crippen molar-refractivity contribution >= 4 is 5.95 Å². The molecule has 1 aromatic rings. The van der Waals surface area contributed by atoms with E-state index >= 15 is 0 Å². The lowest BCUT2D eigenvalue weighted by Gasteiger charge is -1.98. The highest BCUT2D eigenvalue weighted by atomic mass is 15.2. The summed E-state index contributed by atoms with van der Waals surface area (Å²) in [5.41, 5.74) is 5.78. The zero-order chi connectivity index (χ0) is 9.14. The van der Waals surface area contributed by atoms with Crippen molar-refractivity contribution in [2.75, 3.05) is 5.73 Å². The molecule has 0 aliphatic heterocycles. The van der Waals surface area contributed by atoms with Gasteiger partial charge in [-0.05, 0) is 6.92 Å².